The average molecular weight is 187 g/mol. The van der Waals surface area contributed by atoms with Crippen LogP contribution in [-0.2, 0) is 4.74 Å². The van der Waals surface area contributed by atoms with Crippen LogP contribution < -0.4 is 5.32 Å². The topological polar surface area (TPSA) is 21.3 Å². The fourth-order valence-electron chi connectivity index (χ4n) is 1.61. The highest BCUT2D eigenvalue weighted by molar-refractivity contribution is 5.36. The van der Waals surface area contributed by atoms with Crippen LogP contribution >= 0.6 is 0 Å². The van der Waals surface area contributed by atoms with Crippen molar-refractivity contribution in [1.82, 2.24) is 5.32 Å². The molecule has 1 aromatic carbocycles. The van der Waals surface area contributed by atoms with Crippen LogP contribution in [0.4, 0.5) is 0 Å². The summed E-state index contributed by atoms with van der Waals surface area (Å²) < 4.78 is 5.63. The number of nitrogens with one attached hydrogen (secondary N) is 1. The molecule has 1 N–H and O–H groups in total. The second-order valence-electron chi connectivity index (χ2n) is 3.33. The monoisotopic (exact) mass is 187 g/mol. The van der Waals surface area contributed by atoms with Crippen LogP contribution in [0.25, 0.3) is 0 Å². The smallest absolute Gasteiger partial charge is 0.0950 e. The summed E-state index contributed by atoms with van der Waals surface area (Å²) in [5.74, 6) is 2.63. The molecule has 1 aliphatic rings. The van der Waals surface area contributed by atoms with Crippen LogP contribution in [0.1, 0.15) is 17.2 Å². The Bertz CT molecular complexity index is 348. The van der Waals surface area contributed by atoms with Crippen molar-refractivity contribution in [2.45, 2.75) is 6.10 Å². The second kappa shape index (κ2) is 4.28. The molecule has 1 aliphatic heterocycles. The van der Waals surface area contributed by atoms with Crippen molar-refractivity contribution in [3.63, 3.8) is 0 Å². The molecule has 0 aliphatic carbocycles. The van der Waals surface area contributed by atoms with Crippen molar-refractivity contribution < 1.29 is 4.74 Å². The van der Waals surface area contributed by atoms with Gasteiger partial charge in [-0.3, -0.25) is 0 Å². The lowest BCUT2D eigenvalue weighted by Gasteiger charge is -2.24. The third-order valence-corrected chi connectivity index (χ3v) is 2.35. The highest BCUT2D eigenvalue weighted by Gasteiger charge is 2.15. The molecule has 2 nitrogen and oxygen atoms in total. The first-order valence-electron chi connectivity index (χ1n) is 4.79. The number of benzene rings is 1. The van der Waals surface area contributed by atoms with Crippen molar-refractivity contribution >= 4 is 0 Å². The van der Waals surface area contributed by atoms with Crippen LogP contribution in [0, 0.1) is 12.3 Å². The minimum atomic E-state index is 0.150. The van der Waals surface area contributed by atoms with Gasteiger partial charge in [0, 0.05) is 18.7 Å². The van der Waals surface area contributed by atoms with Crippen molar-refractivity contribution in [2.24, 2.45) is 0 Å². The van der Waals surface area contributed by atoms with Crippen LogP contribution in [-0.4, -0.2) is 19.7 Å². The summed E-state index contributed by atoms with van der Waals surface area (Å²) in [4.78, 5) is 0. The summed E-state index contributed by atoms with van der Waals surface area (Å²) in [6.07, 6.45) is 5.49. The van der Waals surface area contributed by atoms with E-state index < -0.39 is 0 Å². The minimum absolute atomic E-state index is 0.150. The minimum Gasteiger partial charge on any atom is -0.371 e. The van der Waals surface area contributed by atoms with Crippen molar-refractivity contribution in [3.05, 3.63) is 35.4 Å². The van der Waals surface area contributed by atoms with Gasteiger partial charge in [0.25, 0.3) is 0 Å². The van der Waals surface area contributed by atoms with Gasteiger partial charge in [0.1, 0.15) is 0 Å². The van der Waals surface area contributed by atoms with E-state index >= 15 is 0 Å². The summed E-state index contributed by atoms with van der Waals surface area (Å²) in [6, 6.07) is 7.97. The molecule has 1 aromatic rings. The zero-order chi connectivity index (χ0) is 9.80. The summed E-state index contributed by atoms with van der Waals surface area (Å²) in [5, 5.41) is 3.29. The Kier molecular flexibility index (Phi) is 2.83. The lowest BCUT2D eigenvalue weighted by Crippen LogP contribution is -2.33. The summed E-state index contributed by atoms with van der Waals surface area (Å²) in [7, 11) is 0. The number of terminal acetylenes is 1. The van der Waals surface area contributed by atoms with Crippen molar-refractivity contribution in [1.29, 1.82) is 0 Å². The van der Waals surface area contributed by atoms with Crippen molar-refractivity contribution in [2.75, 3.05) is 19.7 Å². The number of rotatable bonds is 1. The molecule has 14 heavy (non-hydrogen) atoms. The Morgan fingerprint density at radius 3 is 3.14 bits per heavy atom. The maximum atomic E-state index is 5.63. The largest absolute Gasteiger partial charge is 0.371 e. The number of hydrogen-bond donors (Lipinski definition) is 1. The summed E-state index contributed by atoms with van der Waals surface area (Å²) in [5.41, 5.74) is 2.07. The molecular formula is C12H13NO. The van der Waals surface area contributed by atoms with Crippen LogP contribution in [0.15, 0.2) is 24.3 Å². The van der Waals surface area contributed by atoms with E-state index in [1.165, 1.54) is 0 Å². The lowest BCUT2D eigenvalue weighted by atomic mass is 10.1. The van der Waals surface area contributed by atoms with E-state index in [-0.39, 0.29) is 6.10 Å². The standard InChI is InChI=1S/C12H13NO/c1-2-10-4-3-5-11(8-10)12-9-13-6-7-14-12/h1,3-5,8,12-13H,6-7,9H2. The molecule has 0 aromatic heterocycles. The van der Waals surface area contributed by atoms with Gasteiger partial charge in [-0.1, -0.05) is 18.1 Å². The number of ether oxygens (including phenoxy) is 1. The van der Waals surface area contributed by atoms with Gasteiger partial charge in [0.15, 0.2) is 0 Å². The van der Waals surface area contributed by atoms with Gasteiger partial charge < -0.3 is 10.1 Å². The molecule has 0 spiro atoms. The van der Waals surface area contributed by atoms with E-state index in [1.54, 1.807) is 0 Å². The van der Waals surface area contributed by atoms with Gasteiger partial charge in [-0.05, 0) is 17.7 Å². The van der Waals surface area contributed by atoms with Crippen LogP contribution in [0.3, 0.4) is 0 Å². The maximum absolute atomic E-state index is 5.63. The fourth-order valence-corrected chi connectivity index (χ4v) is 1.61. The molecule has 1 saturated heterocycles. The van der Waals surface area contributed by atoms with Gasteiger partial charge in [0.05, 0.1) is 12.7 Å². The van der Waals surface area contributed by atoms with Gasteiger partial charge in [0.2, 0.25) is 0 Å². The molecule has 2 heteroatoms. The number of hydrogen-bond acceptors (Lipinski definition) is 2. The SMILES string of the molecule is C#Cc1cccc(C2CNCCO2)c1. The third-order valence-electron chi connectivity index (χ3n) is 2.35. The first-order chi connectivity index (χ1) is 6.90. The normalized spacial score (nSPS) is 21.5. The Morgan fingerprint density at radius 2 is 2.43 bits per heavy atom. The molecule has 0 saturated carbocycles. The summed E-state index contributed by atoms with van der Waals surface area (Å²) in [6.45, 7) is 2.57. The van der Waals surface area contributed by atoms with Crippen LogP contribution in [0.5, 0.6) is 0 Å². The highest BCUT2D eigenvalue weighted by Crippen LogP contribution is 2.19. The maximum Gasteiger partial charge on any atom is 0.0950 e. The zero-order valence-corrected chi connectivity index (χ0v) is 7.99. The van der Waals surface area contributed by atoms with Gasteiger partial charge >= 0.3 is 0 Å². The Labute approximate surface area is 84.3 Å². The Morgan fingerprint density at radius 1 is 1.50 bits per heavy atom. The van der Waals surface area contributed by atoms with E-state index in [2.05, 4.69) is 17.3 Å². The Balaban J connectivity index is 2.18. The molecular weight excluding hydrogens is 174 g/mol. The number of morpholine rings is 1. The third kappa shape index (κ3) is 1.95. The molecule has 0 amide bonds. The first-order valence-corrected chi connectivity index (χ1v) is 4.79. The van der Waals surface area contributed by atoms with Gasteiger partial charge in [-0.2, -0.15) is 0 Å². The molecule has 0 radical (unpaired) electrons. The van der Waals surface area contributed by atoms with E-state index in [4.69, 9.17) is 11.2 Å². The predicted molar refractivity (Wildman–Crippen MR) is 55.9 cm³/mol. The van der Waals surface area contributed by atoms with Gasteiger partial charge in [-0.25, -0.2) is 0 Å². The van der Waals surface area contributed by atoms with Crippen molar-refractivity contribution in [3.8, 4) is 12.3 Å². The van der Waals surface area contributed by atoms with E-state index in [1.807, 2.05) is 18.2 Å². The molecule has 1 atom stereocenters. The average Bonchev–Trinajstić information content (AvgIpc) is 2.30. The highest BCUT2D eigenvalue weighted by atomic mass is 16.5. The second-order valence-corrected chi connectivity index (χ2v) is 3.33. The quantitative estimate of drug-likeness (QED) is 0.670. The fraction of sp³-hybridized carbons (Fsp3) is 0.333. The molecule has 1 unspecified atom stereocenters. The van der Waals surface area contributed by atoms with Gasteiger partial charge in [-0.15, -0.1) is 6.42 Å². The lowest BCUT2D eigenvalue weighted by molar-refractivity contribution is 0.0277. The molecule has 1 fully saturated rings. The molecule has 1 heterocycles. The molecule has 2 rings (SSSR count). The zero-order valence-electron chi connectivity index (χ0n) is 7.99. The van der Waals surface area contributed by atoms with Crippen LogP contribution in [0.2, 0.25) is 0 Å². The van der Waals surface area contributed by atoms with E-state index in [0.29, 0.717) is 0 Å². The first kappa shape index (κ1) is 9.26. The Hall–Kier alpha value is -1.30. The van der Waals surface area contributed by atoms with E-state index in [9.17, 15) is 0 Å². The predicted octanol–water partition coefficient (Wildman–Crippen LogP) is 1.33. The summed E-state index contributed by atoms with van der Waals surface area (Å²) >= 11 is 0. The van der Waals surface area contributed by atoms with E-state index in [0.717, 1.165) is 30.8 Å². The molecule has 72 valence electrons. The molecule has 0 bridgehead atoms.